The molecule has 2 aromatic rings. The van der Waals surface area contributed by atoms with E-state index in [0.717, 1.165) is 24.6 Å². The Labute approximate surface area is 124 Å². The van der Waals surface area contributed by atoms with Gasteiger partial charge in [-0.25, -0.2) is 0 Å². The van der Waals surface area contributed by atoms with E-state index in [0.29, 0.717) is 18.1 Å². The maximum absolute atomic E-state index is 5.96. The molecule has 0 bridgehead atoms. The summed E-state index contributed by atoms with van der Waals surface area (Å²) in [5.41, 5.74) is 1.10. The molecular formula is C16H22N4O. The zero-order valence-electron chi connectivity index (χ0n) is 12.6. The summed E-state index contributed by atoms with van der Waals surface area (Å²) in [5.74, 6) is 1.62. The Balaban J connectivity index is 1.49. The summed E-state index contributed by atoms with van der Waals surface area (Å²) in [6.45, 7) is 6.28. The second-order valence-electron chi connectivity index (χ2n) is 6.82. The highest BCUT2D eigenvalue weighted by molar-refractivity contribution is 5.37. The lowest BCUT2D eigenvalue weighted by atomic mass is 9.55. The van der Waals surface area contributed by atoms with Crippen LogP contribution in [0.5, 0.6) is 0 Å². The van der Waals surface area contributed by atoms with Crippen LogP contribution in [0.1, 0.15) is 32.5 Å². The summed E-state index contributed by atoms with van der Waals surface area (Å²) in [5, 5.41) is 12.2. The van der Waals surface area contributed by atoms with E-state index in [2.05, 4.69) is 29.4 Å². The Morgan fingerprint density at radius 3 is 3.19 bits per heavy atom. The first-order valence-electron chi connectivity index (χ1n) is 7.81. The average molecular weight is 286 g/mol. The minimum Gasteiger partial charge on any atom is -0.377 e. The summed E-state index contributed by atoms with van der Waals surface area (Å²) in [6, 6.07) is 6.48. The SMILES string of the molecule is CC1(C)C(NCc2nnc3ccccn23)C2CCCOC21. The fourth-order valence-corrected chi connectivity index (χ4v) is 4.15. The van der Waals surface area contributed by atoms with Crippen LogP contribution in [0.25, 0.3) is 5.65 Å². The normalized spacial score (nSPS) is 30.9. The highest BCUT2D eigenvalue weighted by atomic mass is 16.5. The number of hydrogen-bond acceptors (Lipinski definition) is 4. The van der Waals surface area contributed by atoms with E-state index in [4.69, 9.17) is 4.74 Å². The molecule has 21 heavy (non-hydrogen) atoms. The molecular weight excluding hydrogens is 264 g/mol. The number of hydrogen-bond donors (Lipinski definition) is 1. The van der Waals surface area contributed by atoms with Crippen molar-refractivity contribution in [1.82, 2.24) is 19.9 Å². The smallest absolute Gasteiger partial charge is 0.160 e. The number of fused-ring (bicyclic) bond motifs is 2. The van der Waals surface area contributed by atoms with Crippen molar-refractivity contribution in [3.63, 3.8) is 0 Å². The molecule has 1 N–H and O–H groups in total. The highest BCUT2D eigenvalue weighted by Crippen LogP contribution is 2.51. The van der Waals surface area contributed by atoms with Crippen LogP contribution in [-0.4, -0.2) is 33.4 Å². The Bertz CT molecular complexity index is 651. The molecule has 1 aliphatic carbocycles. The first kappa shape index (κ1) is 13.2. The third-order valence-electron chi connectivity index (χ3n) is 5.20. The van der Waals surface area contributed by atoms with Gasteiger partial charge in [-0.1, -0.05) is 19.9 Å². The first-order chi connectivity index (χ1) is 10.2. The van der Waals surface area contributed by atoms with Crippen LogP contribution >= 0.6 is 0 Å². The largest absolute Gasteiger partial charge is 0.377 e. The van der Waals surface area contributed by atoms with Crippen LogP contribution in [-0.2, 0) is 11.3 Å². The van der Waals surface area contributed by atoms with Crippen molar-refractivity contribution in [3.05, 3.63) is 30.2 Å². The van der Waals surface area contributed by atoms with Crippen molar-refractivity contribution in [2.24, 2.45) is 11.3 Å². The fraction of sp³-hybridized carbons (Fsp3) is 0.625. The summed E-state index contributed by atoms with van der Waals surface area (Å²) in [7, 11) is 0. The van der Waals surface area contributed by atoms with E-state index in [1.807, 2.05) is 28.8 Å². The van der Waals surface area contributed by atoms with Gasteiger partial charge < -0.3 is 10.1 Å². The van der Waals surface area contributed by atoms with Crippen LogP contribution in [0.4, 0.5) is 0 Å². The van der Waals surface area contributed by atoms with Crippen molar-refractivity contribution >= 4 is 5.65 Å². The Morgan fingerprint density at radius 2 is 2.29 bits per heavy atom. The number of pyridine rings is 1. The lowest BCUT2D eigenvalue weighted by Crippen LogP contribution is -2.69. The fourth-order valence-electron chi connectivity index (χ4n) is 4.15. The molecule has 3 atom stereocenters. The zero-order chi connectivity index (χ0) is 14.4. The van der Waals surface area contributed by atoms with Crippen molar-refractivity contribution in [3.8, 4) is 0 Å². The molecule has 5 heteroatoms. The van der Waals surface area contributed by atoms with E-state index in [9.17, 15) is 0 Å². The van der Waals surface area contributed by atoms with E-state index < -0.39 is 0 Å². The van der Waals surface area contributed by atoms with E-state index >= 15 is 0 Å². The molecule has 1 saturated carbocycles. The number of rotatable bonds is 3. The Morgan fingerprint density at radius 1 is 1.38 bits per heavy atom. The lowest BCUT2D eigenvalue weighted by Gasteiger charge is -2.60. The highest BCUT2D eigenvalue weighted by Gasteiger charge is 2.57. The molecule has 2 aliphatic rings. The van der Waals surface area contributed by atoms with E-state index in [1.54, 1.807) is 0 Å². The number of nitrogens with zero attached hydrogens (tertiary/aromatic N) is 3. The summed E-state index contributed by atoms with van der Waals surface area (Å²) < 4.78 is 8.01. The topological polar surface area (TPSA) is 51.5 Å². The van der Waals surface area contributed by atoms with E-state index in [1.165, 1.54) is 12.8 Å². The standard InChI is InChI=1S/C16H22N4O/c1-16(2)14(11-6-5-9-21-15(11)16)17-10-13-19-18-12-7-3-4-8-20(12)13/h3-4,7-8,11,14-15,17H,5-6,9-10H2,1-2H3. The molecule has 1 aliphatic heterocycles. The molecule has 0 radical (unpaired) electrons. The van der Waals surface area contributed by atoms with Crippen molar-refractivity contribution < 1.29 is 4.74 Å². The average Bonchev–Trinajstić information content (AvgIpc) is 2.91. The van der Waals surface area contributed by atoms with Crippen LogP contribution < -0.4 is 5.32 Å². The molecule has 0 aromatic carbocycles. The second kappa shape index (κ2) is 4.78. The number of ether oxygens (including phenoxy) is 1. The number of nitrogens with one attached hydrogen (secondary N) is 1. The molecule has 5 nitrogen and oxygen atoms in total. The molecule has 3 heterocycles. The molecule has 1 saturated heterocycles. The summed E-state index contributed by atoms with van der Waals surface area (Å²) in [4.78, 5) is 0. The lowest BCUT2D eigenvalue weighted by molar-refractivity contribution is -0.193. The Kier molecular flexibility index (Phi) is 3.01. The van der Waals surface area contributed by atoms with Gasteiger partial charge in [0.15, 0.2) is 11.5 Å². The molecule has 0 amide bonds. The van der Waals surface area contributed by atoms with Crippen LogP contribution in [0.3, 0.4) is 0 Å². The van der Waals surface area contributed by atoms with Crippen LogP contribution in [0.15, 0.2) is 24.4 Å². The predicted molar refractivity (Wildman–Crippen MR) is 79.9 cm³/mol. The van der Waals surface area contributed by atoms with Crippen molar-refractivity contribution in [1.29, 1.82) is 0 Å². The van der Waals surface area contributed by atoms with Gasteiger partial charge >= 0.3 is 0 Å². The Hall–Kier alpha value is -1.46. The predicted octanol–water partition coefficient (Wildman–Crippen LogP) is 2.02. The minimum absolute atomic E-state index is 0.200. The van der Waals surface area contributed by atoms with Crippen LogP contribution in [0.2, 0.25) is 0 Å². The molecule has 2 fully saturated rings. The van der Waals surface area contributed by atoms with Gasteiger partial charge in [0.25, 0.3) is 0 Å². The van der Waals surface area contributed by atoms with Gasteiger partial charge in [0.05, 0.1) is 12.6 Å². The number of aromatic nitrogens is 3. The van der Waals surface area contributed by atoms with Crippen LogP contribution in [0, 0.1) is 11.3 Å². The van der Waals surface area contributed by atoms with Crippen molar-refractivity contribution in [2.45, 2.75) is 45.4 Å². The van der Waals surface area contributed by atoms with E-state index in [-0.39, 0.29) is 5.41 Å². The van der Waals surface area contributed by atoms with Gasteiger partial charge in [-0.05, 0) is 25.0 Å². The van der Waals surface area contributed by atoms with Gasteiger partial charge in [-0.3, -0.25) is 4.40 Å². The van der Waals surface area contributed by atoms with Gasteiger partial charge in [-0.2, -0.15) is 0 Å². The zero-order valence-corrected chi connectivity index (χ0v) is 12.6. The first-order valence-corrected chi connectivity index (χ1v) is 7.81. The van der Waals surface area contributed by atoms with Gasteiger partial charge in [0, 0.05) is 30.2 Å². The molecule has 3 unspecified atom stereocenters. The second-order valence-corrected chi connectivity index (χ2v) is 6.82. The maximum Gasteiger partial charge on any atom is 0.160 e. The maximum atomic E-state index is 5.96. The third-order valence-corrected chi connectivity index (χ3v) is 5.20. The third kappa shape index (κ3) is 1.99. The van der Waals surface area contributed by atoms with Gasteiger partial charge in [0.2, 0.25) is 0 Å². The molecule has 0 spiro atoms. The minimum atomic E-state index is 0.200. The van der Waals surface area contributed by atoms with Gasteiger partial charge in [0.1, 0.15) is 0 Å². The monoisotopic (exact) mass is 286 g/mol. The molecule has 112 valence electrons. The van der Waals surface area contributed by atoms with Gasteiger partial charge in [-0.15, -0.1) is 10.2 Å². The summed E-state index contributed by atoms with van der Waals surface area (Å²) in [6.07, 6.45) is 4.89. The quantitative estimate of drug-likeness (QED) is 0.938. The molecule has 2 aromatic heterocycles. The summed E-state index contributed by atoms with van der Waals surface area (Å²) >= 11 is 0. The molecule has 4 rings (SSSR count). The van der Waals surface area contributed by atoms with Crippen molar-refractivity contribution in [2.75, 3.05) is 6.61 Å².